The van der Waals surface area contributed by atoms with E-state index in [2.05, 4.69) is 10.3 Å². The summed E-state index contributed by atoms with van der Waals surface area (Å²) in [5.74, 6) is -1.98. The van der Waals surface area contributed by atoms with Crippen molar-refractivity contribution in [2.24, 2.45) is 0 Å². The maximum absolute atomic E-state index is 12.0. The predicted octanol–water partition coefficient (Wildman–Crippen LogP) is 2.02. The number of nitro groups is 1. The minimum absolute atomic E-state index is 0.224. The Bertz CT molecular complexity index is 564. The number of carboxylic acids is 1. The van der Waals surface area contributed by atoms with E-state index in [0.29, 0.717) is 6.42 Å². The van der Waals surface area contributed by atoms with Gasteiger partial charge in [-0.3, -0.25) is 14.9 Å². The number of rotatable bonds is 7. The molecular weight excluding hydrogens is 302 g/mol. The number of carbonyl (C=O) groups excluding carboxylic acids is 1. The van der Waals surface area contributed by atoms with Crippen molar-refractivity contribution in [3.8, 4) is 0 Å². The van der Waals surface area contributed by atoms with Crippen molar-refractivity contribution in [1.82, 2.24) is 10.3 Å². The van der Waals surface area contributed by atoms with Gasteiger partial charge in [-0.15, -0.1) is 0 Å². The average molecular weight is 316 g/mol. The highest BCUT2D eigenvalue weighted by Gasteiger charge is 2.23. The highest BCUT2D eigenvalue weighted by Crippen LogP contribution is 2.19. The van der Waals surface area contributed by atoms with E-state index in [-0.39, 0.29) is 17.1 Å². The number of nitrogens with one attached hydrogen (secondary N) is 1. The van der Waals surface area contributed by atoms with Gasteiger partial charge < -0.3 is 10.4 Å². The molecule has 0 unspecified atom stereocenters. The minimum Gasteiger partial charge on any atom is -0.480 e. The largest absolute Gasteiger partial charge is 0.480 e. The highest BCUT2D eigenvalue weighted by molar-refractivity contribution is 6.32. The molecule has 0 aliphatic rings. The fraction of sp³-hybridized carbons (Fsp3) is 0.417. The molecule has 0 fully saturated rings. The SMILES string of the molecule is CCCC[C@H](NC(=O)c1cc([N+](=O)[O-])cnc1Cl)C(=O)O. The van der Waals surface area contributed by atoms with Crippen LogP contribution in [0.2, 0.25) is 5.15 Å². The second-order valence-corrected chi connectivity index (χ2v) is 4.65. The van der Waals surface area contributed by atoms with Gasteiger partial charge in [0.15, 0.2) is 0 Å². The van der Waals surface area contributed by atoms with Crippen LogP contribution in [0.4, 0.5) is 5.69 Å². The summed E-state index contributed by atoms with van der Waals surface area (Å²) >= 11 is 5.72. The van der Waals surface area contributed by atoms with Gasteiger partial charge in [0.1, 0.15) is 17.4 Å². The average Bonchev–Trinajstić information content (AvgIpc) is 2.42. The first kappa shape index (κ1) is 16.8. The number of aromatic nitrogens is 1. The Labute approximate surface area is 125 Å². The molecule has 9 heteroatoms. The van der Waals surface area contributed by atoms with Crippen LogP contribution in [-0.2, 0) is 4.79 Å². The van der Waals surface area contributed by atoms with Gasteiger partial charge in [-0.1, -0.05) is 31.4 Å². The Balaban J connectivity index is 2.94. The maximum Gasteiger partial charge on any atom is 0.326 e. The van der Waals surface area contributed by atoms with Gasteiger partial charge in [-0.25, -0.2) is 9.78 Å². The van der Waals surface area contributed by atoms with Gasteiger partial charge in [-0.2, -0.15) is 0 Å². The third-order valence-corrected chi connectivity index (χ3v) is 3.03. The van der Waals surface area contributed by atoms with Crippen molar-refractivity contribution >= 4 is 29.2 Å². The van der Waals surface area contributed by atoms with E-state index in [9.17, 15) is 19.7 Å². The summed E-state index contributed by atoms with van der Waals surface area (Å²) in [6.45, 7) is 1.89. The number of carbonyl (C=O) groups is 2. The standard InChI is InChI=1S/C12H14ClN3O5/c1-2-3-4-9(12(18)19)15-11(17)8-5-7(16(20)21)6-14-10(8)13/h5-6,9H,2-4H2,1H3,(H,15,17)(H,18,19)/t9-/m0/s1. The molecule has 21 heavy (non-hydrogen) atoms. The van der Waals surface area contributed by atoms with Crippen molar-refractivity contribution in [1.29, 1.82) is 0 Å². The Hall–Kier alpha value is -2.22. The number of halogens is 1. The van der Waals surface area contributed by atoms with Crippen LogP contribution in [0, 0.1) is 10.1 Å². The number of hydrogen-bond acceptors (Lipinski definition) is 5. The lowest BCUT2D eigenvalue weighted by Gasteiger charge is -2.14. The molecule has 0 aliphatic heterocycles. The number of carboxylic acid groups (broad SMARTS) is 1. The van der Waals surface area contributed by atoms with Crippen molar-refractivity contribution in [2.75, 3.05) is 0 Å². The lowest BCUT2D eigenvalue weighted by molar-refractivity contribution is -0.385. The van der Waals surface area contributed by atoms with Gasteiger partial charge in [-0.05, 0) is 6.42 Å². The van der Waals surface area contributed by atoms with Crippen LogP contribution in [0.25, 0.3) is 0 Å². The molecule has 1 atom stereocenters. The molecule has 0 saturated carbocycles. The fourth-order valence-electron chi connectivity index (χ4n) is 1.60. The number of aliphatic carboxylic acids is 1. The summed E-state index contributed by atoms with van der Waals surface area (Å²) in [6, 6.07) is -0.114. The maximum atomic E-state index is 12.0. The molecule has 0 aromatic carbocycles. The number of hydrogen-bond donors (Lipinski definition) is 2. The van der Waals surface area contributed by atoms with Crippen LogP contribution in [0.3, 0.4) is 0 Å². The Morgan fingerprint density at radius 3 is 2.76 bits per heavy atom. The van der Waals surface area contributed by atoms with Gasteiger partial charge in [0.05, 0.1) is 10.5 Å². The van der Waals surface area contributed by atoms with Gasteiger partial charge >= 0.3 is 5.97 Å². The summed E-state index contributed by atoms with van der Waals surface area (Å²) in [7, 11) is 0. The van der Waals surface area contributed by atoms with Crippen LogP contribution in [0.5, 0.6) is 0 Å². The predicted molar refractivity (Wildman–Crippen MR) is 74.3 cm³/mol. The van der Waals surface area contributed by atoms with Crippen molar-refractivity contribution in [2.45, 2.75) is 32.2 Å². The molecule has 1 aromatic heterocycles. The summed E-state index contributed by atoms with van der Waals surface area (Å²) < 4.78 is 0. The first-order valence-corrected chi connectivity index (χ1v) is 6.58. The van der Waals surface area contributed by atoms with Crippen LogP contribution >= 0.6 is 11.6 Å². The minimum atomic E-state index is -1.17. The molecule has 8 nitrogen and oxygen atoms in total. The molecule has 2 N–H and O–H groups in total. The normalized spacial score (nSPS) is 11.7. The second-order valence-electron chi connectivity index (χ2n) is 4.30. The molecule has 1 rings (SSSR count). The lowest BCUT2D eigenvalue weighted by atomic mass is 10.1. The Morgan fingerprint density at radius 1 is 1.57 bits per heavy atom. The zero-order valence-electron chi connectivity index (χ0n) is 11.2. The topological polar surface area (TPSA) is 122 Å². The number of amides is 1. The van der Waals surface area contributed by atoms with Crippen molar-refractivity contribution < 1.29 is 19.6 Å². The van der Waals surface area contributed by atoms with E-state index in [1.165, 1.54) is 0 Å². The first-order chi connectivity index (χ1) is 9.86. The molecule has 0 spiro atoms. The smallest absolute Gasteiger partial charge is 0.326 e. The van der Waals surface area contributed by atoms with Gasteiger partial charge in [0, 0.05) is 6.07 Å². The van der Waals surface area contributed by atoms with E-state index in [1.54, 1.807) is 0 Å². The highest BCUT2D eigenvalue weighted by atomic mass is 35.5. The Morgan fingerprint density at radius 2 is 2.24 bits per heavy atom. The van der Waals surface area contributed by atoms with Gasteiger partial charge in [0.25, 0.3) is 11.6 Å². The lowest BCUT2D eigenvalue weighted by Crippen LogP contribution is -2.40. The van der Waals surface area contributed by atoms with E-state index in [1.807, 2.05) is 6.92 Å². The summed E-state index contributed by atoms with van der Waals surface area (Å²) in [6.07, 6.45) is 2.58. The summed E-state index contributed by atoms with van der Waals surface area (Å²) in [5, 5.41) is 21.8. The zero-order valence-corrected chi connectivity index (χ0v) is 12.0. The first-order valence-electron chi connectivity index (χ1n) is 6.20. The van der Waals surface area contributed by atoms with E-state index < -0.39 is 28.5 Å². The van der Waals surface area contributed by atoms with E-state index in [0.717, 1.165) is 18.7 Å². The Kier molecular flexibility index (Phi) is 6.04. The van der Waals surface area contributed by atoms with E-state index in [4.69, 9.17) is 16.7 Å². The van der Waals surface area contributed by atoms with Crippen LogP contribution in [-0.4, -0.2) is 32.9 Å². The van der Waals surface area contributed by atoms with Crippen molar-refractivity contribution in [3.05, 3.63) is 33.1 Å². The second kappa shape index (κ2) is 7.53. The molecular formula is C12H14ClN3O5. The number of nitrogens with zero attached hydrogens (tertiary/aromatic N) is 2. The summed E-state index contributed by atoms with van der Waals surface area (Å²) in [4.78, 5) is 36.5. The fourth-order valence-corrected chi connectivity index (χ4v) is 1.79. The molecule has 0 saturated heterocycles. The third kappa shape index (κ3) is 4.67. The van der Waals surface area contributed by atoms with Crippen molar-refractivity contribution in [3.63, 3.8) is 0 Å². The van der Waals surface area contributed by atoms with Crippen LogP contribution in [0.1, 0.15) is 36.5 Å². The molecule has 114 valence electrons. The number of unbranched alkanes of at least 4 members (excludes halogenated alkanes) is 1. The summed E-state index contributed by atoms with van der Waals surface area (Å²) in [5.41, 5.74) is -0.626. The molecule has 1 amide bonds. The molecule has 0 bridgehead atoms. The molecule has 0 aliphatic carbocycles. The third-order valence-electron chi connectivity index (χ3n) is 2.73. The molecule has 1 heterocycles. The monoisotopic (exact) mass is 315 g/mol. The van der Waals surface area contributed by atoms with Crippen LogP contribution < -0.4 is 5.32 Å². The van der Waals surface area contributed by atoms with Crippen LogP contribution in [0.15, 0.2) is 12.3 Å². The van der Waals surface area contributed by atoms with Gasteiger partial charge in [0.2, 0.25) is 0 Å². The van der Waals surface area contributed by atoms with E-state index >= 15 is 0 Å². The molecule has 1 aromatic rings. The zero-order chi connectivity index (χ0) is 16.0. The number of pyridine rings is 1. The quantitative estimate of drug-likeness (QED) is 0.451. The molecule has 0 radical (unpaired) electrons.